The van der Waals surface area contributed by atoms with Gasteiger partial charge in [0.1, 0.15) is 17.3 Å². The number of carbonyl (C=O) groups is 1. The monoisotopic (exact) mass is 395 g/mol. The summed E-state index contributed by atoms with van der Waals surface area (Å²) < 4.78 is 26.8. The molecular formula is C21H19F2N5O. The second-order valence-corrected chi connectivity index (χ2v) is 6.63. The minimum atomic E-state index is -0.843. The molecule has 0 saturated carbocycles. The van der Waals surface area contributed by atoms with Gasteiger partial charge in [-0.25, -0.2) is 18.7 Å². The lowest BCUT2D eigenvalue weighted by Gasteiger charge is -2.36. The molecule has 0 aliphatic carbocycles. The molecule has 2 heterocycles. The highest BCUT2D eigenvalue weighted by Gasteiger charge is 2.20. The molecule has 8 heteroatoms. The number of carbonyl (C=O) groups excluding carboxylic acids is 1. The van der Waals surface area contributed by atoms with Gasteiger partial charge in [0, 0.05) is 44.1 Å². The zero-order chi connectivity index (χ0) is 20.2. The summed E-state index contributed by atoms with van der Waals surface area (Å²) in [7, 11) is 0. The van der Waals surface area contributed by atoms with E-state index in [2.05, 4.69) is 32.3 Å². The molecule has 1 fully saturated rings. The van der Waals surface area contributed by atoms with Crippen molar-refractivity contribution in [3.63, 3.8) is 0 Å². The maximum absolute atomic E-state index is 13.8. The maximum atomic E-state index is 13.8. The van der Waals surface area contributed by atoms with Crippen LogP contribution >= 0.6 is 0 Å². The fourth-order valence-corrected chi connectivity index (χ4v) is 3.21. The standard InChI is InChI=1S/C21H19F2N5O/c22-15-6-7-18(17(23)14-15)25-20(29)19-8-9-24-21(26-19)28-12-10-27(11-13-28)16-4-2-1-3-5-16/h1-9,14H,10-13H2,(H,25,29). The Morgan fingerprint density at radius 2 is 1.66 bits per heavy atom. The van der Waals surface area contributed by atoms with Crippen LogP contribution in [-0.2, 0) is 0 Å². The van der Waals surface area contributed by atoms with Crippen LogP contribution in [-0.4, -0.2) is 42.1 Å². The first-order valence-corrected chi connectivity index (χ1v) is 9.24. The normalized spacial score (nSPS) is 14.0. The van der Waals surface area contributed by atoms with Crippen molar-refractivity contribution >= 4 is 23.2 Å². The fourth-order valence-electron chi connectivity index (χ4n) is 3.21. The van der Waals surface area contributed by atoms with E-state index in [9.17, 15) is 13.6 Å². The van der Waals surface area contributed by atoms with Crippen LogP contribution in [0.3, 0.4) is 0 Å². The highest BCUT2D eigenvalue weighted by atomic mass is 19.1. The van der Waals surface area contributed by atoms with Crippen molar-refractivity contribution in [2.45, 2.75) is 0 Å². The number of anilines is 3. The topological polar surface area (TPSA) is 61.4 Å². The van der Waals surface area contributed by atoms with Crippen LogP contribution < -0.4 is 15.1 Å². The average Bonchev–Trinajstić information content (AvgIpc) is 2.76. The van der Waals surface area contributed by atoms with E-state index in [1.807, 2.05) is 23.1 Å². The number of nitrogens with zero attached hydrogens (tertiary/aromatic N) is 4. The minimum absolute atomic E-state index is 0.104. The van der Waals surface area contributed by atoms with E-state index in [0.717, 1.165) is 19.2 Å². The van der Waals surface area contributed by atoms with Gasteiger partial charge in [-0.15, -0.1) is 0 Å². The number of benzene rings is 2. The zero-order valence-electron chi connectivity index (χ0n) is 15.6. The van der Waals surface area contributed by atoms with Crippen molar-refractivity contribution in [2.75, 3.05) is 41.3 Å². The van der Waals surface area contributed by atoms with E-state index in [1.54, 1.807) is 0 Å². The molecule has 0 spiro atoms. The van der Waals surface area contributed by atoms with Gasteiger partial charge in [-0.2, -0.15) is 0 Å². The molecule has 0 radical (unpaired) electrons. The number of rotatable bonds is 4. The Kier molecular flexibility index (Phi) is 5.33. The molecule has 148 valence electrons. The lowest BCUT2D eigenvalue weighted by Crippen LogP contribution is -2.47. The van der Waals surface area contributed by atoms with Gasteiger partial charge in [-0.3, -0.25) is 4.79 Å². The van der Waals surface area contributed by atoms with E-state index >= 15 is 0 Å². The highest BCUT2D eigenvalue weighted by Crippen LogP contribution is 2.19. The molecule has 4 rings (SSSR count). The molecule has 1 aliphatic heterocycles. The Hall–Kier alpha value is -3.55. The largest absolute Gasteiger partial charge is 0.368 e. The molecule has 6 nitrogen and oxygen atoms in total. The summed E-state index contributed by atoms with van der Waals surface area (Å²) in [4.78, 5) is 25.3. The second-order valence-electron chi connectivity index (χ2n) is 6.63. The average molecular weight is 395 g/mol. The first-order chi connectivity index (χ1) is 14.1. The van der Waals surface area contributed by atoms with Crippen molar-refractivity contribution < 1.29 is 13.6 Å². The first kappa shape index (κ1) is 18.8. The van der Waals surface area contributed by atoms with Gasteiger partial charge in [0.2, 0.25) is 5.95 Å². The Labute approximate surface area is 166 Å². The van der Waals surface area contributed by atoms with Gasteiger partial charge in [-0.05, 0) is 30.3 Å². The van der Waals surface area contributed by atoms with Gasteiger partial charge >= 0.3 is 0 Å². The van der Waals surface area contributed by atoms with Gasteiger partial charge in [0.25, 0.3) is 5.91 Å². The molecule has 1 aromatic heterocycles. The van der Waals surface area contributed by atoms with E-state index in [1.165, 1.54) is 24.0 Å². The summed E-state index contributed by atoms with van der Waals surface area (Å²) in [6.45, 7) is 3.05. The molecule has 1 aliphatic rings. The van der Waals surface area contributed by atoms with E-state index < -0.39 is 17.5 Å². The summed E-state index contributed by atoms with van der Waals surface area (Å²) in [6, 6.07) is 14.6. The number of hydrogen-bond donors (Lipinski definition) is 1. The van der Waals surface area contributed by atoms with Gasteiger partial charge in [-0.1, -0.05) is 18.2 Å². The predicted molar refractivity (Wildman–Crippen MR) is 107 cm³/mol. The number of hydrogen-bond acceptors (Lipinski definition) is 5. The van der Waals surface area contributed by atoms with Crippen LogP contribution in [0, 0.1) is 11.6 Å². The number of halogens is 2. The number of amides is 1. The summed E-state index contributed by atoms with van der Waals surface area (Å²) in [5.74, 6) is -1.68. The predicted octanol–water partition coefficient (Wildman–Crippen LogP) is 3.33. The third kappa shape index (κ3) is 4.31. The van der Waals surface area contributed by atoms with E-state index in [-0.39, 0.29) is 11.4 Å². The Morgan fingerprint density at radius 1 is 0.931 bits per heavy atom. The van der Waals surface area contributed by atoms with Crippen LogP contribution in [0.25, 0.3) is 0 Å². The Bertz CT molecular complexity index is 1010. The maximum Gasteiger partial charge on any atom is 0.274 e. The molecular weight excluding hydrogens is 376 g/mol. The lowest BCUT2D eigenvalue weighted by atomic mass is 10.2. The smallest absolute Gasteiger partial charge is 0.274 e. The fraction of sp³-hybridized carbons (Fsp3) is 0.190. The van der Waals surface area contributed by atoms with Gasteiger partial charge in [0.15, 0.2) is 0 Å². The second kappa shape index (κ2) is 8.22. The molecule has 1 N–H and O–H groups in total. The minimum Gasteiger partial charge on any atom is -0.368 e. The van der Waals surface area contributed by atoms with Crippen molar-refractivity contribution in [3.05, 3.63) is 78.1 Å². The number of para-hydroxylation sites is 1. The number of aromatic nitrogens is 2. The third-order valence-electron chi connectivity index (χ3n) is 4.74. The van der Waals surface area contributed by atoms with Crippen molar-refractivity contribution in [3.8, 4) is 0 Å². The summed E-state index contributed by atoms with van der Waals surface area (Å²) in [6.07, 6.45) is 1.50. The quantitative estimate of drug-likeness (QED) is 0.734. The highest BCUT2D eigenvalue weighted by molar-refractivity contribution is 6.03. The van der Waals surface area contributed by atoms with Crippen LogP contribution in [0.4, 0.5) is 26.1 Å². The third-order valence-corrected chi connectivity index (χ3v) is 4.74. The SMILES string of the molecule is O=C(Nc1ccc(F)cc1F)c1ccnc(N2CCN(c3ccccc3)CC2)n1. The Balaban J connectivity index is 1.43. The molecule has 0 unspecified atom stereocenters. The number of nitrogens with one attached hydrogen (secondary N) is 1. The molecule has 1 saturated heterocycles. The molecule has 0 bridgehead atoms. The van der Waals surface area contributed by atoms with Gasteiger partial charge < -0.3 is 15.1 Å². The molecule has 1 amide bonds. The van der Waals surface area contributed by atoms with Crippen molar-refractivity contribution in [1.82, 2.24) is 9.97 Å². The van der Waals surface area contributed by atoms with Crippen LogP contribution in [0.1, 0.15) is 10.5 Å². The Morgan fingerprint density at radius 3 is 2.38 bits per heavy atom. The molecule has 29 heavy (non-hydrogen) atoms. The van der Waals surface area contributed by atoms with Crippen molar-refractivity contribution in [1.29, 1.82) is 0 Å². The molecule has 3 aromatic rings. The van der Waals surface area contributed by atoms with Crippen LogP contribution in [0.5, 0.6) is 0 Å². The van der Waals surface area contributed by atoms with Crippen LogP contribution in [0.15, 0.2) is 60.8 Å². The van der Waals surface area contributed by atoms with E-state index in [4.69, 9.17) is 0 Å². The zero-order valence-corrected chi connectivity index (χ0v) is 15.6. The van der Waals surface area contributed by atoms with Crippen molar-refractivity contribution in [2.24, 2.45) is 0 Å². The van der Waals surface area contributed by atoms with E-state index in [0.29, 0.717) is 25.1 Å². The van der Waals surface area contributed by atoms with Gasteiger partial charge in [0.05, 0.1) is 5.69 Å². The molecule has 0 atom stereocenters. The first-order valence-electron chi connectivity index (χ1n) is 9.24. The van der Waals surface area contributed by atoms with Crippen LogP contribution in [0.2, 0.25) is 0 Å². The lowest BCUT2D eigenvalue weighted by molar-refractivity contribution is 0.102. The summed E-state index contributed by atoms with van der Waals surface area (Å²) >= 11 is 0. The summed E-state index contributed by atoms with van der Waals surface area (Å²) in [5.41, 5.74) is 1.18. The number of piperazine rings is 1. The summed E-state index contributed by atoms with van der Waals surface area (Å²) in [5, 5.41) is 2.41. The molecule has 2 aromatic carbocycles.